The second-order valence-electron chi connectivity index (χ2n) is 4.83. The number of aryl methyl sites for hydroxylation is 2. The molecule has 0 radical (unpaired) electrons. The second kappa shape index (κ2) is 7.48. The summed E-state index contributed by atoms with van der Waals surface area (Å²) in [5.74, 6) is 0.798. The Morgan fingerprint density at radius 3 is 2.67 bits per heavy atom. The van der Waals surface area contributed by atoms with Crippen LogP contribution in [-0.4, -0.2) is 19.1 Å². The molecule has 21 heavy (non-hydrogen) atoms. The molecule has 0 unspecified atom stereocenters. The van der Waals surface area contributed by atoms with E-state index in [1.165, 1.54) is 0 Å². The molecule has 0 fully saturated rings. The van der Waals surface area contributed by atoms with Crippen molar-refractivity contribution < 1.29 is 9.53 Å². The average Bonchev–Trinajstić information content (AvgIpc) is 2.93. The summed E-state index contributed by atoms with van der Waals surface area (Å²) in [6.45, 7) is 4.83. The molecule has 0 atom stereocenters. The highest BCUT2D eigenvalue weighted by Crippen LogP contribution is 2.25. The molecule has 1 amide bonds. The van der Waals surface area contributed by atoms with Crippen molar-refractivity contribution in [3.63, 3.8) is 0 Å². The molecule has 0 aliphatic carbocycles. The van der Waals surface area contributed by atoms with Gasteiger partial charge in [0.2, 0.25) is 5.91 Å². The molecule has 0 spiro atoms. The van der Waals surface area contributed by atoms with E-state index < -0.39 is 0 Å². The van der Waals surface area contributed by atoms with Crippen molar-refractivity contribution in [2.75, 3.05) is 13.2 Å². The highest BCUT2D eigenvalue weighted by molar-refractivity contribution is 7.10. The zero-order valence-electron chi connectivity index (χ0n) is 12.1. The van der Waals surface area contributed by atoms with E-state index in [1.54, 1.807) is 11.3 Å². The van der Waals surface area contributed by atoms with Crippen LogP contribution in [0.5, 0.6) is 5.75 Å². The lowest BCUT2D eigenvalue weighted by Gasteiger charge is -2.10. The Morgan fingerprint density at radius 2 is 2.05 bits per heavy atom. The van der Waals surface area contributed by atoms with E-state index in [2.05, 4.69) is 5.32 Å². The molecule has 5 heteroatoms. The van der Waals surface area contributed by atoms with Crippen LogP contribution in [0.4, 0.5) is 0 Å². The number of ether oxygens (including phenoxy) is 1. The van der Waals surface area contributed by atoms with Crippen LogP contribution in [0.1, 0.15) is 16.0 Å². The second-order valence-corrected chi connectivity index (χ2v) is 6.24. The lowest BCUT2D eigenvalue weighted by Crippen LogP contribution is -2.29. The summed E-state index contributed by atoms with van der Waals surface area (Å²) in [4.78, 5) is 12.8. The van der Waals surface area contributed by atoms with Gasteiger partial charge in [0.1, 0.15) is 12.4 Å². The van der Waals surface area contributed by atoms with Crippen molar-refractivity contribution in [3.05, 3.63) is 50.7 Å². The van der Waals surface area contributed by atoms with E-state index in [-0.39, 0.29) is 5.91 Å². The highest BCUT2D eigenvalue weighted by Gasteiger charge is 2.05. The number of carbonyl (C=O) groups is 1. The summed E-state index contributed by atoms with van der Waals surface area (Å²) < 4.78 is 5.64. The van der Waals surface area contributed by atoms with Gasteiger partial charge in [0, 0.05) is 9.90 Å². The van der Waals surface area contributed by atoms with E-state index in [0.717, 1.165) is 26.8 Å². The minimum atomic E-state index is 0.0181. The SMILES string of the molecule is Cc1cc(OCCNC(=O)Cc2cccs2)cc(C)c1Cl. The third-order valence-electron chi connectivity index (χ3n) is 3.02. The number of hydrogen-bond donors (Lipinski definition) is 1. The predicted molar refractivity (Wildman–Crippen MR) is 87.5 cm³/mol. The quantitative estimate of drug-likeness (QED) is 0.822. The monoisotopic (exact) mass is 323 g/mol. The van der Waals surface area contributed by atoms with Crippen molar-refractivity contribution in [2.45, 2.75) is 20.3 Å². The summed E-state index contributed by atoms with van der Waals surface area (Å²) in [5, 5.41) is 5.59. The first kappa shape index (κ1) is 15.9. The average molecular weight is 324 g/mol. The topological polar surface area (TPSA) is 38.3 Å². The maximum absolute atomic E-state index is 11.7. The molecule has 0 aliphatic heterocycles. The first-order chi connectivity index (χ1) is 10.1. The fraction of sp³-hybridized carbons (Fsp3) is 0.312. The Balaban J connectivity index is 1.73. The molecule has 3 nitrogen and oxygen atoms in total. The van der Waals surface area contributed by atoms with Crippen LogP contribution in [0.25, 0.3) is 0 Å². The van der Waals surface area contributed by atoms with Crippen LogP contribution in [0, 0.1) is 13.8 Å². The molecular formula is C16H18ClNO2S. The number of nitrogens with one attached hydrogen (secondary N) is 1. The van der Waals surface area contributed by atoms with Crippen LogP contribution in [-0.2, 0) is 11.2 Å². The molecule has 2 rings (SSSR count). The molecule has 1 heterocycles. The number of benzene rings is 1. The van der Waals surface area contributed by atoms with Gasteiger partial charge in [-0.1, -0.05) is 17.7 Å². The van der Waals surface area contributed by atoms with Gasteiger partial charge < -0.3 is 10.1 Å². The van der Waals surface area contributed by atoms with Gasteiger partial charge in [0.05, 0.1) is 13.0 Å². The van der Waals surface area contributed by atoms with Crippen molar-refractivity contribution in [1.82, 2.24) is 5.32 Å². The Bertz CT molecular complexity index is 588. The van der Waals surface area contributed by atoms with Crippen LogP contribution < -0.4 is 10.1 Å². The Hall–Kier alpha value is -1.52. The van der Waals surface area contributed by atoms with E-state index in [1.807, 2.05) is 43.5 Å². The number of amides is 1. The molecule has 2 aromatic rings. The van der Waals surface area contributed by atoms with E-state index in [4.69, 9.17) is 16.3 Å². The first-order valence-electron chi connectivity index (χ1n) is 6.75. The number of rotatable bonds is 6. The minimum absolute atomic E-state index is 0.0181. The fourth-order valence-corrected chi connectivity index (χ4v) is 2.80. The lowest BCUT2D eigenvalue weighted by atomic mass is 10.1. The zero-order chi connectivity index (χ0) is 15.2. The molecule has 0 saturated heterocycles. The van der Waals surface area contributed by atoms with Crippen LogP contribution in [0.3, 0.4) is 0 Å². The molecular weight excluding hydrogens is 306 g/mol. The summed E-state index contributed by atoms with van der Waals surface area (Å²) in [7, 11) is 0. The fourth-order valence-electron chi connectivity index (χ4n) is 1.98. The molecule has 1 aromatic heterocycles. The maximum atomic E-state index is 11.7. The van der Waals surface area contributed by atoms with Gasteiger partial charge in [-0.3, -0.25) is 4.79 Å². The molecule has 1 aromatic carbocycles. The standard InChI is InChI=1S/C16H18ClNO2S/c1-11-8-13(9-12(2)16(11)17)20-6-5-18-15(19)10-14-4-3-7-21-14/h3-4,7-9H,5-6,10H2,1-2H3,(H,18,19). The summed E-state index contributed by atoms with van der Waals surface area (Å²) >= 11 is 7.70. The molecule has 0 aliphatic rings. The van der Waals surface area contributed by atoms with E-state index >= 15 is 0 Å². The Morgan fingerprint density at radius 1 is 1.33 bits per heavy atom. The van der Waals surface area contributed by atoms with Gasteiger partial charge in [-0.25, -0.2) is 0 Å². The summed E-state index contributed by atoms with van der Waals surface area (Å²) in [6.07, 6.45) is 0.427. The Labute approximate surface area is 133 Å². The third-order valence-corrected chi connectivity index (χ3v) is 4.49. The van der Waals surface area contributed by atoms with Crippen molar-refractivity contribution in [3.8, 4) is 5.75 Å². The smallest absolute Gasteiger partial charge is 0.225 e. The van der Waals surface area contributed by atoms with Gasteiger partial charge in [-0.05, 0) is 48.6 Å². The summed E-state index contributed by atoms with van der Waals surface area (Å²) in [5.41, 5.74) is 1.99. The maximum Gasteiger partial charge on any atom is 0.225 e. The van der Waals surface area contributed by atoms with Crippen LogP contribution >= 0.6 is 22.9 Å². The van der Waals surface area contributed by atoms with Crippen molar-refractivity contribution in [2.24, 2.45) is 0 Å². The number of halogens is 1. The zero-order valence-corrected chi connectivity index (χ0v) is 13.7. The number of hydrogen-bond acceptors (Lipinski definition) is 3. The van der Waals surface area contributed by atoms with Gasteiger partial charge in [-0.15, -0.1) is 11.3 Å². The number of thiophene rings is 1. The highest BCUT2D eigenvalue weighted by atomic mass is 35.5. The lowest BCUT2D eigenvalue weighted by molar-refractivity contribution is -0.120. The van der Waals surface area contributed by atoms with E-state index in [9.17, 15) is 4.79 Å². The normalized spacial score (nSPS) is 10.4. The number of carbonyl (C=O) groups excluding carboxylic acids is 1. The van der Waals surface area contributed by atoms with Gasteiger partial charge in [0.25, 0.3) is 0 Å². The first-order valence-corrected chi connectivity index (χ1v) is 8.00. The molecule has 0 bridgehead atoms. The Kier molecular flexibility index (Phi) is 5.65. The minimum Gasteiger partial charge on any atom is -0.492 e. The van der Waals surface area contributed by atoms with Crippen LogP contribution in [0.2, 0.25) is 5.02 Å². The molecule has 1 N–H and O–H groups in total. The van der Waals surface area contributed by atoms with Crippen molar-refractivity contribution >= 4 is 28.8 Å². The molecule has 0 saturated carbocycles. The van der Waals surface area contributed by atoms with Crippen LogP contribution in [0.15, 0.2) is 29.6 Å². The largest absolute Gasteiger partial charge is 0.492 e. The van der Waals surface area contributed by atoms with Crippen molar-refractivity contribution in [1.29, 1.82) is 0 Å². The molecule has 112 valence electrons. The van der Waals surface area contributed by atoms with Gasteiger partial charge >= 0.3 is 0 Å². The van der Waals surface area contributed by atoms with Gasteiger partial charge in [-0.2, -0.15) is 0 Å². The summed E-state index contributed by atoms with van der Waals surface area (Å²) in [6, 6.07) is 7.72. The van der Waals surface area contributed by atoms with Gasteiger partial charge in [0.15, 0.2) is 0 Å². The third kappa shape index (κ3) is 4.76. The van der Waals surface area contributed by atoms with E-state index in [0.29, 0.717) is 19.6 Å². The predicted octanol–water partition coefficient (Wildman–Crippen LogP) is 3.76.